The smallest absolute Gasteiger partial charge is 0.257 e. The molecule has 0 unspecified atom stereocenters. The lowest BCUT2D eigenvalue weighted by Gasteiger charge is -2.05. The summed E-state index contributed by atoms with van der Waals surface area (Å²) in [6.07, 6.45) is 2.39. The van der Waals surface area contributed by atoms with Crippen LogP contribution < -0.4 is 5.32 Å². The van der Waals surface area contributed by atoms with Crippen LogP contribution in [0.5, 0.6) is 0 Å². The number of anilines is 1. The number of hydrogen-bond acceptors (Lipinski definition) is 4. The molecule has 4 aromatic rings. The highest BCUT2D eigenvalue weighted by atomic mass is 32.1. The molecule has 1 amide bonds. The molecule has 122 valence electrons. The second kappa shape index (κ2) is 6.41. The minimum atomic E-state index is -0.543. The van der Waals surface area contributed by atoms with E-state index in [0.29, 0.717) is 5.69 Å². The van der Waals surface area contributed by atoms with Crippen molar-refractivity contribution in [2.75, 3.05) is 5.32 Å². The van der Waals surface area contributed by atoms with Crippen molar-refractivity contribution in [3.63, 3.8) is 0 Å². The Labute approximate surface area is 147 Å². The van der Waals surface area contributed by atoms with Crippen LogP contribution in [0, 0.1) is 5.82 Å². The molecule has 0 spiro atoms. The lowest BCUT2D eigenvalue weighted by atomic mass is 10.2. The summed E-state index contributed by atoms with van der Waals surface area (Å²) < 4.78 is 14.3. The molecule has 2 aromatic heterocycles. The first-order valence-corrected chi connectivity index (χ1v) is 8.38. The maximum Gasteiger partial charge on any atom is 0.257 e. The van der Waals surface area contributed by atoms with Gasteiger partial charge < -0.3 is 5.32 Å². The molecule has 4 rings (SSSR count). The Morgan fingerprint density at radius 2 is 1.84 bits per heavy atom. The van der Waals surface area contributed by atoms with Crippen LogP contribution in [0.25, 0.3) is 20.8 Å². The van der Waals surface area contributed by atoms with E-state index < -0.39 is 11.7 Å². The molecule has 0 aliphatic heterocycles. The third-order valence-electron chi connectivity index (χ3n) is 3.65. The normalized spacial score (nSPS) is 10.8. The Hall–Kier alpha value is -3.12. The number of nitrogens with one attached hydrogen (secondary N) is 1. The fourth-order valence-corrected chi connectivity index (χ4v) is 3.40. The van der Waals surface area contributed by atoms with Gasteiger partial charge in [-0.15, -0.1) is 11.3 Å². The van der Waals surface area contributed by atoms with Gasteiger partial charge in [-0.25, -0.2) is 9.37 Å². The van der Waals surface area contributed by atoms with Gasteiger partial charge in [0.05, 0.1) is 22.0 Å². The summed E-state index contributed by atoms with van der Waals surface area (Å²) in [5.41, 5.74) is 2.75. The molecule has 0 fully saturated rings. The molecule has 0 bridgehead atoms. The van der Waals surface area contributed by atoms with Gasteiger partial charge in [0.1, 0.15) is 10.8 Å². The number of pyridine rings is 1. The van der Waals surface area contributed by atoms with Crippen LogP contribution in [0.3, 0.4) is 0 Å². The average molecular weight is 349 g/mol. The highest BCUT2D eigenvalue weighted by molar-refractivity contribution is 7.21. The van der Waals surface area contributed by atoms with E-state index in [2.05, 4.69) is 15.3 Å². The first kappa shape index (κ1) is 15.4. The molecule has 25 heavy (non-hydrogen) atoms. The number of amides is 1. The Morgan fingerprint density at radius 1 is 1.04 bits per heavy atom. The number of fused-ring (bicyclic) bond motifs is 1. The van der Waals surface area contributed by atoms with Crippen molar-refractivity contribution in [3.05, 3.63) is 78.4 Å². The van der Waals surface area contributed by atoms with Crippen LogP contribution in [-0.2, 0) is 0 Å². The topological polar surface area (TPSA) is 54.9 Å². The molecule has 0 aliphatic carbocycles. The number of aromatic nitrogens is 2. The zero-order valence-electron chi connectivity index (χ0n) is 12.9. The molecule has 2 heterocycles. The molecule has 0 radical (unpaired) electrons. The van der Waals surface area contributed by atoms with Crippen LogP contribution in [0.1, 0.15) is 10.4 Å². The number of hydrogen-bond donors (Lipinski definition) is 1. The van der Waals surface area contributed by atoms with Crippen molar-refractivity contribution >= 4 is 33.1 Å². The number of rotatable bonds is 3. The summed E-state index contributed by atoms with van der Waals surface area (Å²) in [7, 11) is 0. The standard InChI is InChI=1S/C19H12FN3OS/c20-14-9-13(10-21-11-14)18(24)22-15-7-5-12(6-8-15)19-23-16-3-1-2-4-17(16)25-19/h1-11H,(H,22,24). The Morgan fingerprint density at radius 3 is 2.60 bits per heavy atom. The molecule has 0 saturated carbocycles. The SMILES string of the molecule is O=C(Nc1ccc(-c2nc3ccccc3s2)cc1)c1cncc(F)c1. The molecule has 6 heteroatoms. The van der Waals surface area contributed by atoms with Crippen LogP contribution in [0.4, 0.5) is 10.1 Å². The van der Waals surface area contributed by atoms with E-state index in [1.54, 1.807) is 23.5 Å². The fourth-order valence-electron chi connectivity index (χ4n) is 2.43. The molecule has 0 atom stereocenters. The zero-order chi connectivity index (χ0) is 17.2. The number of benzene rings is 2. The number of thiazole rings is 1. The van der Waals surface area contributed by atoms with Crippen molar-refractivity contribution in [1.29, 1.82) is 0 Å². The van der Waals surface area contributed by atoms with E-state index in [1.807, 2.05) is 36.4 Å². The predicted molar refractivity (Wildman–Crippen MR) is 97.2 cm³/mol. The number of nitrogens with zero attached hydrogens (tertiary/aromatic N) is 2. The van der Waals surface area contributed by atoms with Crippen LogP contribution in [0.2, 0.25) is 0 Å². The first-order valence-electron chi connectivity index (χ1n) is 7.57. The minimum Gasteiger partial charge on any atom is -0.322 e. The maximum atomic E-state index is 13.1. The van der Waals surface area contributed by atoms with Crippen molar-refractivity contribution in [3.8, 4) is 10.6 Å². The van der Waals surface area contributed by atoms with Crippen molar-refractivity contribution in [2.45, 2.75) is 0 Å². The van der Waals surface area contributed by atoms with Gasteiger partial charge in [-0.1, -0.05) is 12.1 Å². The summed E-state index contributed by atoms with van der Waals surface area (Å²) in [6, 6.07) is 16.5. The van der Waals surface area contributed by atoms with Crippen molar-refractivity contribution in [2.24, 2.45) is 0 Å². The molecule has 0 saturated heterocycles. The third kappa shape index (κ3) is 3.25. The van der Waals surface area contributed by atoms with E-state index in [0.717, 1.165) is 33.1 Å². The second-order valence-corrected chi connectivity index (χ2v) is 6.44. The molecule has 1 N–H and O–H groups in total. The number of carbonyl (C=O) groups excluding carboxylic acids is 1. The first-order chi connectivity index (χ1) is 12.2. The Balaban J connectivity index is 1.54. The van der Waals surface area contributed by atoms with E-state index in [-0.39, 0.29) is 5.56 Å². The average Bonchev–Trinajstić information content (AvgIpc) is 3.06. The van der Waals surface area contributed by atoms with Gasteiger partial charge in [0.25, 0.3) is 5.91 Å². The monoisotopic (exact) mass is 349 g/mol. The highest BCUT2D eigenvalue weighted by Crippen LogP contribution is 2.30. The number of para-hydroxylation sites is 1. The molecule has 2 aromatic carbocycles. The van der Waals surface area contributed by atoms with Crippen LogP contribution >= 0.6 is 11.3 Å². The van der Waals surface area contributed by atoms with Gasteiger partial charge in [0, 0.05) is 17.4 Å². The summed E-state index contributed by atoms with van der Waals surface area (Å²) in [5.74, 6) is -0.946. The van der Waals surface area contributed by atoms with Gasteiger partial charge in [0.2, 0.25) is 0 Å². The maximum absolute atomic E-state index is 13.1. The summed E-state index contributed by atoms with van der Waals surface area (Å²) in [5, 5.41) is 3.65. The largest absolute Gasteiger partial charge is 0.322 e. The fraction of sp³-hybridized carbons (Fsp3) is 0. The Bertz CT molecular complexity index is 1030. The molecule has 0 aliphatic rings. The second-order valence-electron chi connectivity index (χ2n) is 5.41. The summed E-state index contributed by atoms with van der Waals surface area (Å²) >= 11 is 1.62. The van der Waals surface area contributed by atoms with E-state index in [1.165, 1.54) is 6.20 Å². The van der Waals surface area contributed by atoms with Crippen molar-refractivity contribution < 1.29 is 9.18 Å². The van der Waals surface area contributed by atoms with Gasteiger partial charge in [0.15, 0.2) is 0 Å². The van der Waals surface area contributed by atoms with E-state index in [9.17, 15) is 9.18 Å². The van der Waals surface area contributed by atoms with Crippen LogP contribution in [-0.4, -0.2) is 15.9 Å². The van der Waals surface area contributed by atoms with Crippen molar-refractivity contribution in [1.82, 2.24) is 9.97 Å². The number of halogens is 1. The molecular formula is C19H12FN3OS. The lowest BCUT2D eigenvalue weighted by Crippen LogP contribution is -2.12. The van der Waals surface area contributed by atoms with Gasteiger partial charge in [-0.3, -0.25) is 9.78 Å². The Kier molecular flexibility index (Phi) is 3.95. The molecular weight excluding hydrogens is 337 g/mol. The third-order valence-corrected chi connectivity index (χ3v) is 4.74. The quantitative estimate of drug-likeness (QED) is 0.581. The lowest BCUT2D eigenvalue weighted by molar-refractivity contribution is 0.102. The van der Waals surface area contributed by atoms with E-state index in [4.69, 9.17) is 0 Å². The zero-order valence-corrected chi connectivity index (χ0v) is 13.8. The van der Waals surface area contributed by atoms with Gasteiger partial charge in [-0.2, -0.15) is 0 Å². The number of carbonyl (C=O) groups is 1. The van der Waals surface area contributed by atoms with Gasteiger partial charge >= 0.3 is 0 Å². The highest BCUT2D eigenvalue weighted by Gasteiger charge is 2.09. The molecule has 4 nitrogen and oxygen atoms in total. The van der Waals surface area contributed by atoms with Crippen LogP contribution in [0.15, 0.2) is 67.0 Å². The van der Waals surface area contributed by atoms with E-state index >= 15 is 0 Å². The van der Waals surface area contributed by atoms with Gasteiger partial charge in [-0.05, 0) is 42.5 Å². The minimum absolute atomic E-state index is 0.176. The predicted octanol–water partition coefficient (Wildman–Crippen LogP) is 4.75. The summed E-state index contributed by atoms with van der Waals surface area (Å²) in [4.78, 5) is 20.4. The summed E-state index contributed by atoms with van der Waals surface area (Å²) in [6.45, 7) is 0.